The van der Waals surface area contributed by atoms with Crippen LogP contribution in [0.1, 0.15) is 42.5 Å². The summed E-state index contributed by atoms with van der Waals surface area (Å²) < 4.78 is 0. The summed E-state index contributed by atoms with van der Waals surface area (Å²) in [6.45, 7) is 0. The molecule has 0 unspecified atom stereocenters. The lowest BCUT2D eigenvalue weighted by atomic mass is 9.81. The standard InChI is InChI=1S/C14H17ClN2O2/c15-11-6-4-10(5-7-11)12(18)17-14(13(16)19)8-2-1-3-9-14/h4-7H,1-3,8-9H2,(H2,16,19)(H,17,18). The van der Waals surface area contributed by atoms with Crippen LogP contribution in [-0.2, 0) is 4.79 Å². The maximum Gasteiger partial charge on any atom is 0.252 e. The monoisotopic (exact) mass is 280 g/mol. The lowest BCUT2D eigenvalue weighted by Gasteiger charge is -2.35. The van der Waals surface area contributed by atoms with E-state index in [2.05, 4.69) is 5.32 Å². The van der Waals surface area contributed by atoms with Gasteiger partial charge in [-0.2, -0.15) is 0 Å². The average molecular weight is 281 g/mol. The second-order valence-corrected chi connectivity index (χ2v) is 5.40. The highest BCUT2D eigenvalue weighted by molar-refractivity contribution is 6.30. The van der Waals surface area contributed by atoms with E-state index >= 15 is 0 Å². The molecule has 2 rings (SSSR count). The molecule has 1 aliphatic carbocycles. The van der Waals surface area contributed by atoms with Gasteiger partial charge < -0.3 is 11.1 Å². The summed E-state index contributed by atoms with van der Waals surface area (Å²) in [5.74, 6) is -0.730. The van der Waals surface area contributed by atoms with Gasteiger partial charge in [0.15, 0.2) is 0 Å². The van der Waals surface area contributed by atoms with Crippen molar-refractivity contribution < 1.29 is 9.59 Å². The minimum atomic E-state index is -0.894. The molecule has 1 aliphatic rings. The molecule has 0 aliphatic heterocycles. The van der Waals surface area contributed by atoms with E-state index in [9.17, 15) is 9.59 Å². The molecule has 1 aromatic carbocycles. The smallest absolute Gasteiger partial charge is 0.252 e. The summed E-state index contributed by atoms with van der Waals surface area (Å²) in [5.41, 5.74) is 5.07. The van der Waals surface area contributed by atoms with Gasteiger partial charge in [0, 0.05) is 10.6 Å². The predicted molar refractivity (Wildman–Crippen MR) is 73.9 cm³/mol. The van der Waals surface area contributed by atoms with E-state index in [1.807, 2.05) is 0 Å². The Labute approximate surface area is 117 Å². The Morgan fingerprint density at radius 2 is 1.68 bits per heavy atom. The van der Waals surface area contributed by atoms with E-state index in [0.29, 0.717) is 23.4 Å². The van der Waals surface area contributed by atoms with Crippen LogP contribution in [0.15, 0.2) is 24.3 Å². The molecule has 0 spiro atoms. The van der Waals surface area contributed by atoms with Crippen molar-refractivity contribution in [1.29, 1.82) is 0 Å². The lowest BCUT2D eigenvalue weighted by Crippen LogP contribution is -2.58. The molecule has 2 amide bonds. The van der Waals surface area contributed by atoms with Gasteiger partial charge in [-0.15, -0.1) is 0 Å². The van der Waals surface area contributed by atoms with Gasteiger partial charge in [0.2, 0.25) is 5.91 Å². The Kier molecular flexibility index (Phi) is 4.10. The summed E-state index contributed by atoms with van der Waals surface area (Å²) in [4.78, 5) is 23.9. The molecular weight excluding hydrogens is 264 g/mol. The van der Waals surface area contributed by atoms with E-state index in [0.717, 1.165) is 19.3 Å². The Hall–Kier alpha value is -1.55. The first-order valence-electron chi connectivity index (χ1n) is 6.41. The third kappa shape index (κ3) is 3.07. The Bertz CT molecular complexity index is 479. The summed E-state index contributed by atoms with van der Waals surface area (Å²) >= 11 is 5.78. The van der Waals surface area contributed by atoms with Crippen LogP contribution < -0.4 is 11.1 Å². The Morgan fingerprint density at radius 3 is 2.21 bits per heavy atom. The number of nitrogens with one attached hydrogen (secondary N) is 1. The first-order valence-corrected chi connectivity index (χ1v) is 6.79. The van der Waals surface area contributed by atoms with Crippen molar-refractivity contribution in [2.75, 3.05) is 0 Å². The van der Waals surface area contributed by atoms with Crippen molar-refractivity contribution >= 4 is 23.4 Å². The fourth-order valence-electron chi connectivity index (χ4n) is 2.48. The number of benzene rings is 1. The third-order valence-corrected chi connectivity index (χ3v) is 3.89. The molecule has 0 heterocycles. The van der Waals surface area contributed by atoms with Crippen molar-refractivity contribution in [2.24, 2.45) is 5.73 Å². The Morgan fingerprint density at radius 1 is 1.11 bits per heavy atom. The van der Waals surface area contributed by atoms with Crippen molar-refractivity contribution in [1.82, 2.24) is 5.32 Å². The van der Waals surface area contributed by atoms with Gasteiger partial charge in [0.05, 0.1) is 0 Å². The molecule has 4 nitrogen and oxygen atoms in total. The zero-order chi connectivity index (χ0) is 13.9. The molecule has 0 radical (unpaired) electrons. The quantitative estimate of drug-likeness (QED) is 0.891. The molecule has 5 heteroatoms. The van der Waals surface area contributed by atoms with E-state index in [1.54, 1.807) is 24.3 Å². The van der Waals surface area contributed by atoms with Gasteiger partial charge in [-0.3, -0.25) is 9.59 Å². The van der Waals surface area contributed by atoms with Gasteiger partial charge in [0.25, 0.3) is 5.91 Å². The average Bonchev–Trinajstić information content (AvgIpc) is 2.40. The largest absolute Gasteiger partial charge is 0.368 e. The van der Waals surface area contributed by atoms with Gasteiger partial charge in [-0.05, 0) is 37.1 Å². The minimum Gasteiger partial charge on any atom is -0.368 e. The van der Waals surface area contributed by atoms with Crippen LogP contribution >= 0.6 is 11.6 Å². The molecular formula is C14H17ClN2O2. The van der Waals surface area contributed by atoms with Gasteiger partial charge in [-0.25, -0.2) is 0 Å². The van der Waals surface area contributed by atoms with E-state index in [1.165, 1.54) is 0 Å². The van der Waals surface area contributed by atoms with Crippen LogP contribution in [0.2, 0.25) is 5.02 Å². The van der Waals surface area contributed by atoms with Crippen molar-refractivity contribution in [3.63, 3.8) is 0 Å². The summed E-state index contributed by atoms with van der Waals surface area (Å²) in [6, 6.07) is 6.56. The van der Waals surface area contributed by atoms with Crippen LogP contribution in [0.4, 0.5) is 0 Å². The highest BCUT2D eigenvalue weighted by Crippen LogP contribution is 2.28. The van der Waals surface area contributed by atoms with Crippen LogP contribution in [0, 0.1) is 0 Å². The fourth-order valence-corrected chi connectivity index (χ4v) is 2.61. The maximum atomic E-state index is 12.2. The number of hydrogen-bond acceptors (Lipinski definition) is 2. The number of carbonyl (C=O) groups excluding carboxylic acids is 2. The number of rotatable bonds is 3. The van der Waals surface area contributed by atoms with Crippen LogP contribution in [0.5, 0.6) is 0 Å². The predicted octanol–water partition coefficient (Wildman–Crippen LogP) is 2.26. The molecule has 0 bridgehead atoms. The van der Waals surface area contributed by atoms with Crippen molar-refractivity contribution in [3.8, 4) is 0 Å². The number of carbonyl (C=O) groups is 2. The number of halogens is 1. The van der Waals surface area contributed by atoms with Crippen LogP contribution in [0.25, 0.3) is 0 Å². The highest BCUT2D eigenvalue weighted by atomic mass is 35.5. The molecule has 0 saturated heterocycles. The zero-order valence-electron chi connectivity index (χ0n) is 10.6. The maximum absolute atomic E-state index is 12.2. The minimum absolute atomic E-state index is 0.280. The van der Waals surface area contributed by atoms with E-state index < -0.39 is 11.4 Å². The fraction of sp³-hybridized carbons (Fsp3) is 0.429. The summed E-state index contributed by atoms with van der Waals surface area (Å²) in [7, 11) is 0. The van der Waals surface area contributed by atoms with Crippen LogP contribution in [0.3, 0.4) is 0 Å². The number of nitrogens with two attached hydrogens (primary N) is 1. The Balaban J connectivity index is 2.15. The second kappa shape index (κ2) is 5.61. The molecule has 1 aromatic rings. The van der Waals surface area contributed by atoms with Gasteiger partial charge >= 0.3 is 0 Å². The zero-order valence-corrected chi connectivity index (χ0v) is 11.4. The summed E-state index contributed by atoms with van der Waals surface area (Å²) in [6.07, 6.45) is 4.11. The van der Waals surface area contributed by atoms with Gasteiger partial charge in [-0.1, -0.05) is 30.9 Å². The van der Waals surface area contributed by atoms with Crippen molar-refractivity contribution in [3.05, 3.63) is 34.9 Å². The van der Waals surface area contributed by atoms with E-state index in [-0.39, 0.29) is 5.91 Å². The molecule has 102 valence electrons. The molecule has 3 N–H and O–H groups in total. The van der Waals surface area contributed by atoms with Gasteiger partial charge in [0.1, 0.15) is 5.54 Å². The summed E-state index contributed by atoms with van der Waals surface area (Å²) in [5, 5.41) is 3.38. The van der Waals surface area contributed by atoms with Crippen molar-refractivity contribution in [2.45, 2.75) is 37.6 Å². The topological polar surface area (TPSA) is 72.2 Å². The SMILES string of the molecule is NC(=O)C1(NC(=O)c2ccc(Cl)cc2)CCCCC1. The number of hydrogen-bond donors (Lipinski definition) is 2. The molecule has 0 atom stereocenters. The third-order valence-electron chi connectivity index (χ3n) is 3.64. The highest BCUT2D eigenvalue weighted by Gasteiger charge is 2.39. The number of primary amides is 1. The lowest BCUT2D eigenvalue weighted by molar-refractivity contribution is -0.125. The second-order valence-electron chi connectivity index (χ2n) is 4.97. The van der Waals surface area contributed by atoms with Crippen LogP contribution in [-0.4, -0.2) is 17.4 Å². The first kappa shape index (κ1) is 13.9. The molecule has 1 fully saturated rings. The molecule has 0 aromatic heterocycles. The number of amides is 2. The first-order chi connectivity index (χ1) is 9.03. The normalized spacial score (nSPS) is 17.7. The molecule has 1 saturated carbocycles. The van der Waals surface area contributed by atoms with E-state index in [4.69, 9.17) is 17.3 Å². The molecule has 19 heavy (non-hydrogen) atoms.